The van der Waals surface area contributed by atoms with Crippen molar-refractivity contribution in [3.05, 3.63) is 87.1 Å². The molecule has 4 rings (SSSR count). The number of aliphatic imine (C=N–C) groups is 1. The highest BCUT2D eigenvalue weighted by molar-refractivity contribution is 7.12. The van der Waals surface area contributed by atoms with Crippen molar-refractivity contribution in [3.63, 3.8) is 0 Å². The number of benzene rings is 2. The molecule has 0 fully saturated rings. The van der Waals surface area contributed by atoms with Gasteiger partial charge in [-0.25, -0.2) is 4.99 Å². The SMILES string of the molecule is Oc1ccccc1[C@H]1CC(c2cccs2)=N[C@H](c2ccc(Cl)cc2)[NH2+]1. The van der Waals surface area contributed by atoms with Gasteiger partial charge in [-0.2, -0.15) is 0 Å². The number of hydrogen-bond acceptors (Lipinski definition) is 3. The summed E-state index contributed by atoms with van der Waals surface area (Å²) in [5, 5.41) is 15.3. The van der Waals surface area contributed by atoms with Crippen molar-refractivity contribution in [2.24, 2.45) is 4.99 Å². The first-order valence-electron chi connectivity index (χ1n) is 8.19. The molecule has 5 heteroatoms. The number of thiophene rings is 1. The number of nitrogens with two attached hydrogens (primary N) is 1. The predicted octanol–water partition coefficient (Wildman–Crippen LogP) is 4.30. The summed E-state index contributed by atoms with van der Waals surface area (Å²) in [6.45, 7) is 0. The van der Waals surface area contributed by atoms with E-state index in [2.05, 4.69) is 16.8 Å². The summed E-state index contributed by atoms with van der Waals surface area (Å²) in [4.78, 5) is 6.16. The van der Waals surface area contributed by atoms with Gasteiger partial charge in [-0.3, -0.25) is 0 Å². The highest BCUT2D eigenvalue weighted by atomic mass is 35.5. The third kappa shape index (κ3) is 3.47. The maximum atomic E-state index is 10.3. The number of aromatic hydroxyl groups is 1. The Bertz CT molecular complexity index is 890. The van der Waals surface area contributed by atoms with Gasteiger partial charge in [-0.1, -0.05) is 29.8 Å². The van der Waals surface area contributed by atoms with E-state index in [-0.39, 0.29) is 12.2 Å². The molecule has 0 spiro atoms. The molecule has 126 valence electrons. The van der Waals surface area contributed by atoms with Crippen molar-refractivity contribution in [3.8, 4) is 5.75 Å². The lowest BCUT2D eigenvalue weighted by Gasteiger charge is -2.27. The van der Waals surface area contributed by atoms with Crippen molar-refractivity contribution in [2.75, 3.05) is 0 Å². The molecule has 0 bridgehead atoms. The first-order valence-corrected chi connectivity index (χ1v) is 9.45. The van der Waals surface area contributed by atoms with Gasteiger partial charge in [-0.15, -0.1) is 11.3 Å². The van der Waals surface area contributed by atoms with Crippen LogP contribution in [0.4, 0.5) is 0 Å². The number of halogens is 1. The lowest BCUT2D eigenvalue weighted by Crippen LogP contribution is -2.87. The summed E-state index contributed by atoms with van der Waals surface area (Å²) in [6.07, 6.45) is 0.745. The third-order valence-corrected chi connectivity index (χ3v) is 5.65. The average Bonchev–Trinajstić information content (AvgIpc) is 3.17. The van der Waals surface area contributed by atoms with E-state index >= 15 is 0 Å². The van der Waals surface area contributed by atoms with Gasteiger partial charge in [0.25, 0.3) is 0 Å². The summed E-state index contributed by atoms with van der Waals surface area (Å²) in [5.41, 5.74) is 3.15. The molecule has 1 aromatic heterocycles. The number of rotatable bonds is 3. The quantitative estimate of drug-likeness (QED) is 0.710. The summed E-state index contributed by atoms with van der Waals surface area (Å²) in [7, 11) is 0. The van der Waals surface area contributed by atoms with Gasteiger partial charge in [0.1, 0.15) is 11.8 Å². The van der Waals surface area contributed by atoms with Crippen LogP contribution in [-0.2, 0) is 0 Å². The van der Waals surface area contributed by atoms with Gasteiger partial charge in [0.15, 0.2) is 0 Å². The third-order valence-electron chi connectivity index (χ3n) is 4.48. The largest absolute Gasteiger partial charge is 0.507 e. The smallest absolute Gasteiger partial charge is 0.206 e. The highest BCUT2D eigenvalue weighted by Gasteiger charge is 2.31. The topological polar surface area (TPSA) is 49.2 Å². The minimum Gasteiger partial charge on any atom is -0.507 e. The number of nitrogens with zero attached hydrogens (tertiary/aromatic N) is 1. The van der Waals surface area contributed by atoms with E-state index in [0.29, 0.717) is 5.75 Å². The van der Waals surface area contributed by atoms with Gasteiger partial charge >= 0.3 is 0 Å². The summed E-state index contributed by atoms with van der Waals surface area (Å²) < 4.78 is 0. The van der Waals surface area contributed by atoms with Crippen molar-refractivity contribution >= 4 is 28.6 Å². The van der Waals surface area contributed by atoms with Crippen LogP contribution in [0, 0.1) is 0 Å². The molecule has 3 nitrogen and oxygen atoms in total. The fraction of sp³-hybridized carbons (Fsp3) is 0.150. The van der Waals surface area contributed by atoms with E-state index in [4.69, 9.17) is 16.6 Å². The Kier molecular flexibility index (Phi) is 4.57. The first kappa shape index (κ1) is 16.3. The lowest BCUT2D eigenvalue weighted by atomic mass is 9.96. The molecular weight excluding hydrogens is 352 g/mol. The van der Waals surface area contributed by atoms with E-state index in [9.17, 15) is 5.11 Å². The zero-order valence-corrected chi connectivity index (χ0v) is 15.0. The van der Waals surface area contributed by atoms with Crippen LogP contribution in [0.2, 0.25) is 5.02 Å². The molecule has 0 saturated carbocycles. The van der Waals surface area contributed by atoms with Crippen molar-refractivity contribution in [1.82, 2.24) is 0 Å². The Balaban J connectivity index is 1.74. The molecular formula is C20H18ClN2OS+. The molecule has 0 unspecified atom stereocenters. The molecule has 2 atom stereocenters. The summed E-state index contributed by atoms with van der Waals surface area (Å²) >= 11 is 7.73. The van der Waals surface area contributed by atoms with E-state index < -0.39 is 0 Å². The van der Waals surface area contributed by atoms with E-state index in [1.807, 2.05) is 48.5 Å². The van der Waals surface area contributed by atoms with Crippen LogP contribution < -0.4 is 5.32 Å². The van der Waals surface area contributed by atoms with Gasteiger partial charge < -0.3 is 10.4 Å². The van der Waals surface area contributed by atoms with E-state index in [0.717, 1.165) is 28.3 Å². The monoisotopic (exact) mass is 369 g/mol. The van der Waals surface area contributed by atoms with Crippen LogP contribution in [0.5, 0.6) is 5.75 Å². The second-order valence-electron chi connectivity index (χ2n) is 6.11. The van der Waals surface area contributed by atoms with Gasteiger partial charge in [0.2, 0.25) is 6.17 Å². The average molecular weight is 370 g/mol. The number of para-hydroxylation sites is 1. The fourth-order valence-corrected chi connectivity index (χ4v) is 4.09. The zero-order valence-electron chi connectivity index (χ0n) is 13.5. The van der Waals surface area contributed by atoms with Crippen molar-refractivity contribution < 1.29 is 10.4 Å². The lowest BCUT2D eigenvalue weighted by molar-refractivity contribution is -0.735. The molecule has 0 aliphatic carbocycles. The second kappa shape index (κ2) is 7.00. The number of phenolic OH excluding ortho intramolecular Hbond substituents is 1. The van der Waals surface area contributed by atoms with Crippen molar-refractivity contribution in [1.29, 1.82) is 0 Å². The molecule has 1 aliphatic heterocycles. The minimum atomic E-state index is -0.0484. The van der Waals surface area contributed by atoms with Crippen LogP contribution in [0.3, 0.4) is 0 Å². The fourth-order valence-electron chi connectivity index (χ4n) is 3.23. The second-order valence-corrected chi connectivity index (χ2v) is 7.50. The van der Waals surface area contributed by atoms with Crippen molar-refractivity contribution in [2.45, 2.75) is 18.6 Å². The standard InChI is InChI=1S/C20H17ClN2OS/c21-14-9-7-13(8-10-14)20-22-16(15-4-1-2-5-18(15)24)12-17(23-20)19-6-3-11-25-19/h1-11,16,20,22,24H,12H2/p+1/t16-,20-/m1/s1. The number of phenols is 1. The molecule has 25 heavy (non-hydrogen) atoms. The maximum absolute atomic E-state index is 10.3. The number of hydrogen-bond donors (Lipinski definition) is 2. The van der Waals surface area contributed by atoms with E-state index in [1.54, 1.807) is 17.4 Å². The Morgan fingerprint density at radius 2 is 1.84 bits per heavy atom. The summed E-state index contributed by atoms with van der Waals surface area (Å²) in [6, 6.07) is 19.7. The van der Waals surface area contributed by atoms with Crippen LogP contribution in [0.15, 0.2) is 71.0 Å². The minimum absolute atomic E-state index is 0.0484. The molecule has 1 aliphatic rings. The van der Waals surface area contributed by atoms with Gasteiger partial charge in [0, 0.05) is 21.9 Å². The summed E-state index contributed by atoms with van der Waals surface area (Å²) in [5.74, 6) is 0.339. The van der Waals surface area contributed by atoms with Crippen LogP contribution in [-0.4, -0.2) is 10.8 Å². The molecule has 2 heterocycles. The van der Waals surface area contributed by atoms with Gasteiger partial charge in [0.05, 0.1) is 11.3 Å². The molecule has 0 saturated heterocycles. The Morgan fingerprint density at radius 3 is 2.56 bits per heavy atom. The first-order chi connectivity index (χ1) is 12.2. The maximum Gasteiger partial charge on any atom is 0.206 e. The highest BCUT2D eigenvalue weighted by Crippen LogP contribution is 2.30. The number of quaternary nitrogens is 1. The van der Waals surface area contributed by atoms with Crippen LogP contribution >= 0.6 is 22.9 Å². The molecule has 2 aromatic carbocycles. The molecule has 0 radical (unpaired) electrons. The molecule has 3 N–H and O–H groups in total. The molecule has 0 amide bonds. The predicted molar refractivity (Wildman–Crippen MR) is 102 cm³/mol. The normalized spacial score (nSPS) is 20.3. The van der Waals surface area contributed by atoms with E-state index in [1.165, 1.54) is 4.88 Å². The Labute approximate surface area is 155 Å². The Hall–Kier alpha value is -2.14. The Morgan fingerprint density at radius 1 is 1.04 bits per heavy atom. The van der Waals surface area contributed by atoms with Gasteiger partial charge in [-0.05, 0) is 47.8 Å². The van der Waals surface area contributed by atoms with Crippen LogP contribution in [0.25, 0.3) is 0 Å². The van der Waals surface area contributed by atoms with Crippen LogP contribution in [0.1, 0.15) is 34.6 Å². The zero-order chi connectivity index (χ0) is 17.2. The molecule has 3 aromatic rings.